The first-order chi connectivity index (χ1) is 14.2. The van der Waals surface area contributed by atoms with Gasteiger partial charge in [-0.15, -0.1) is 0 Å². The Hall–Kier alpha value is -0.730. The number of unbranched alkanes of at least 4 members (excludes halogenated alkanes) is 8. The van der Waals surface area contributed by atoms with Crippen LogP contribution in [0, 0.1) is 16.7 Å². The Morgan fingerprint density at radius 1 is 0.833 bits per heavy atom. The summed E-state index contributed by atoms with van der Waals surface area (Å²) in [6.07, 6.45) is 18.7. The van der Waals surface area contributed by atoms with Gasteiger partial charge in [-0.3, -0.25) is 0 Å². The first-order valence-corrected chi connectivity index (χ1v) is 13.1. The molecule has 0 spiro atoms. The van der Waals surface area contributed by atoms with E-state index < -0.39 is 0 Å². The van der Waals surface area contributed by atoms with Crippen molar-refractivity contribution in [3.05, 3.63) is 0 Å². The highest BCUT2D eigenvalue weighted by Crippen LogP contribution is 2.45. The number of amides is 1. The summed E-state index contributed by atoms with van der Waals surface area (Å²) in [6.45, 7) is 14.4. The Morgan fingerprint density at radius 3 is 1.83 bits per heavy atom. The van der Waals surface area contributed by atoms with Crippen molar-refractivity contribution in [3.8, 4) is 0 Å². The minimum absolute atomic E-state index is 0.199. The van der Waals surface area contributed by atoms with Gasteiger partial charge in [-0.05, 0) is 48.9 Å². The fourth-order valence-electron chi connectivity index (χ4n) is 5.73. The molecule has 0 aromatic heterocycles. The topological polar surface area (TPSA) is 38.3 Å². The van der Waals surface area contributed by atoms with Crippen LogP contribution in [0.5, 0.6) is 0 Å². The van der Waals surface area contributed by atoms with Crippen molar-refractivity contribution in [1.82, 2.24) is 5.32 Å². The molecule has 3 nitrogen and oxygen atoms in total. The van der Waals surface area contributed by atoms with Gasteiger partial charge >= 0.3 is 6.09 Å². The van der Waals surface area contributed by atoms with Crippen molar-refractivity contribution < 1.29 is 9.53 Å². The normalized spacial score (nSPS) is 19.4. The van der Waals surface area contributed by atoms with Gasteiger partial charge in [-0.1, -0.05) is 106 Å². The van der Waals surface area contributed by atoms with Gasteiger partial charge in [0.2, 0.25) is 0 Å². The zero-order chi connectivity index (χ0) is 22.5. The lowest BCUT2D eigenvalue weighted by Gasteiger charge is -2.44. The standard InChI is InChI=1S/C27H53NO2/c1-7-9-11-13-14-16-18-23(17-15-12-10-8-2)21-30-25(29)28-24-19-26(3,4)22-27(5,6)20-24/h23-24H,7-22H2,1-6H3,(H,28,29). The molecule has 1 amide bonds. The molecule has 1 unspecified atom stereocenters. The Balaban J connectivity index is 2.40. The first kappa shape index (κ1) is 27.3. The summed E-state index contributed by atoms with van der Waals surface area (Å²) in [6, 6.07) is 0.234. The summed E-state index contributed by atoms with van der Waals surface area (Å²) in [5.41, 5.74) is 0.554. The molecule has 0 bridgehead atoms. The second kappa shape index (κ2) is 14.4. The molecule has 0 radical (unpaired) electrons. The van der Waals surface area contributed by atoms with Crippen LogP contribution < -0.4 is 5.32 Å². The van der Waals surface area contributed by atoms with Crippen LogP contribution in [-0.4, -0.2) is 18.7 Å². The quantitative estimate of drug-likeness (QED) is 0.268. The van der Waals surface area contributed by atoms with Crippen molar-refractivity contribution in [1.29, 1.82) is 0 Å². The predicted octanol–water partition coefficient (Wildman–Crippen LogP) is 8.65. The van der Waals surface area contributed by atoms with E-state index in [1.165, 1.54) is 83.5 Å². The van der Waals surface area contributed by atoms with E-state index in [2.05, 4.69) is 46.9 Å². The van der Waals surface area contributed by atoms with E-state index in [9.17, 15) is 4.79 Å². The number of carbonyl (C=O) groups is 1. The zero-order valence-corrected chi connectivity index (χ0v) is 21.3. The van der Waals surface area contributed by atoms with E-state index in [0.717, 1.165) is 12.8 Å². The molecule has 0 aliphatic heterocycles. The van der Waals surface area contributed by atoms with E-state index >= 15 is 0 Å². The molecule has 1 aliphatic rings. The van der Waals surface area contributed by atoms with Crippen LogP contribution in [0.25, 0.3) is 0 Å². The lowest BCUT2D eigenvalue weighted by molar-refractivity contribution is 0.0727. The van der Waals surface area contributed by atoms with Crippen LogP contribution in [-0.2, 0) is 4.74 Å². The fraction of sp³-hybridized carbons (Fsp3) is 0.963. The fourth-order valence-corrected chi connectivity index (χ4v) is 5.73. The average Bonchev–Trinajstić information content (AvgIpc) is 2.62. The van der Waals surface area contributed by atoms with Crippen LogP contribution in [0.2, 0.25) is 0 Å². The molecular formula is C27H53NO2. The Kier molecular flexibility index (Phi) is 13.1. The smallest absolute Gasteiger partial charge is 0.407 e. The molecule has 0 aromatic rings. The molecule has 0 heterocycles. The highest BCUT2D eigenvalue weighted by atomic mass is 16.5. The zero-order valence-electron chi connectivity index (χ0n) is 21.3. The number of hydrogen-bond donors (Lipinski definition) is 1. The second-order valence-corrected chi connectivity index (χ2v) is 11.6. The number of ether oxygens (including phenoxy) is 1. The van der Waals surface area contributed by atoms with Crippen LogP contribution in [0.1, 0.15) is 138 Å². The van der Waals surface area contributed by atoms with Crippen molar-refractivity contribution in [3.63, 3.8) is 0 Å². The Bertz CT molecular complexity index is 442. The van der Waals surface area contributed by atoms with E-state index in [-0.39, 0.29) is 23.0 Å². The monoisotopic (exact) mass is 423 g/mol. The number of carbonyl (C=O) groups excluding carboxylic acids is 1. The van der Waals surface area contributed by atoms with Gasteiger partial charge in [-0.2, -0.15) is 0 Å². The van der Waals surface area contributed by atoms with Crippen LogP contribution in [0.4, 0.5) is 4.79 Å². The van der Waals surface area contributed by atoms with Gasteiger partial charge in [0.1, 0.15) is 0 Å². The van der Waals surface area contributed by atoms with Gasteiger partial charge in [0, 0.05) is 6.04 Å². The highest BCUT2D eigenvalue weighted by molar-refractivity contribution is 5.67. The molecule has 0 aromatic carbocycles. The first-order valence-electron chi connectivity index (χ1n) is 13.1. The lowest BCUT2D eigenvalue weighted by Crippen LogP contribution is -2.46. The van der Waals surface area contributed by atoms with E-state index in [1.54, 1.807) is 0 Å². The minimum atomic E-state index is -0.199. The number of hydrogen-bond acceptors (Lipinski definition) is 2. The van der Waals surface area contributed by atoms with Crippen molar-refractivity contribution >= 4 is 6.09 Å². The predicted molar refractivity (Wildman–Crippen MR) is 130 cm³/mol. The summed E-state index contributed by atoms with van der Waals surface area (Å²) in [5.74, 6) is 0.526. The average molecular weight is 424 g/mol. The Morgan fingerprint density at radius 2 is 1.30 bits per heavy atom. The summed E-state index contributed by atoms with van der Waals surface area (Å²) in [7, 11) is 0. The summed E-state index contributed by atoms with van der Waals surface area (Å²) >= 11 is 0. The molecule has 1 atom stereocenters. The van der Waals surface area contributed by atoms with Gasteiger partial charge in [0.05, 0.1) is 6.61 Å². The third-order valence-electron chi connectivity index (χ3n) is 6.76. The number of alkyl carbamates (subject to hydrolysis) is 1. The molecule has 1 saturated carbocycles. The van der Waals surface area contributed by atoms with Crippen LogP contribution >= 0.6 is 0 Å². The lowest BCUT2D eigenvalue weighted by atomic mass is 9.63. The van der Waals surface area contributed by atoms with Gasteiger partial charge in [-0.25, -0.2) is 4.79 Å². The molecule has 1 fully saturated rings. The number of rotatable bonds is 15. The molecule has 1 aliphatic carbocycles. The van der Waals surface area contributed by atoms with Gasteiger partial charge < -0.3 is 10.1 Å². The van der Waals surface area contributed by atoms with E-state index in [0.29, 0.717) is 12.5 Å². The van der Waals surface area contributed by atoms with Gasteiger partial charge in [0.15, 0.2) is 0 Å². The number of nitrogens with one attached hydrogen (secondary N) is 1. The van der Waals surface area contributed by atoms with Crippen molar-refractivity contribution in [2.45, 2.75) is 144 Å². The maximum Gasteiger partial charge on any atom is 0.407 e. The van der Waals surface area contributed by atoms with E-state index in [1.807, 2.05) is 0 Å². The molecule has 3 heteroatoms. The maximum absolute atomic E-state index is 12.5. The molecule has 178 valence electrons. The summed E-state index contributed by atoms with van der Waals surface area (Å²) in [4.78, 5) is 12.5. The molecule has 1 N–H and O–H groups in total. The van der Waals surface area contributed by atoms with Crippen LogP contribution in [0.3, 0.4) is 0 Å². The highest BCUT2D eigenvalue weighted by Gasteiger charge is 2.39. The molecule has 30 heavy (non-hydrogen) atoms. The third kappa shape index (κ3) is 12.8. The SMILES string of the molecule is CCCCCCCCC(CCCCCC)COC(=O)NC1CC(C)(C)CC(C)(C)C1. The molecule has 1 rings (SSSR count). The second-order valence-electron chi connectivity index (χ2n) is 11.6. The van der Waals surface area contributed by atoms with E-state index in [4.69, 9.17) is 4.74 Å². The maximum atomic E-state index is 12.5. The van der Waals surface area contributed by atoms with Crippen LogP contribution in [0.15, 0.2) is 0 Å². The minimum Gasteiger partial charge on any atom is -0.449 e. The Labute approximate surface area is 188 Å². The third-order valence-corrected chi connectivity index (χ3v) is 6.76. The van der Waals surface area contributed by atoms with Crippen molar-refractivity contribution in [2.75, 3.05) is 6.61 Å². The van der Waals surface area contributed by atoms with Gasteiger partial charge in [0.25, 0.3) is 0 Å². The molecule has 0 saturated heterocycles. The van der Waals surface area contributed by atoms with Crippen molar-refractivity contribution in [2.24, 2.45) is 16.7 Å². The summed E-state index contributed by atoms with van der Waals surface area (Å²) in [5, 5.41) is 3.19. The summed E-state index contributed by atoms with van der Waals surface area (Å²) < 4.78 is 5.75. The largest absolute Gasteiger partial charge is 0.449 e. The molecular weight excluding hydrogens is 370 g/mol.